The maximum atomic E-state index is 13.3. The summed E-state index contributed by atoms with van der Waals surface area (Å²) in [5.74, 6) is 2.17. The van der Waals surface area contributed by atoms with Crippen LogP contribution in [-0.4, -0.2) is 20.4 Å². The normalized spacial score (nSPS) is 17.0. The molecular weight excluding hydrogens is 372 g/mol. The van der Waals surface area contributed by atoms with Gasteiger partial charge in [-0.3, -0.25) is 9.69 Å². The van der Waals surface area contributed by atoms with Gasteiger partial charge in [-0.2, -0.15) is 0 Å². The summed E-state index contributed by atoms with van der Waals surface area (Å²) in [5.41, 5.74) is 4.05. The smallest absolute Gasteiger partial charge is 0.260 e. The molecule has 1 fully saturated rings. The number of imidazole rings is 1. The first kappa shape index (κ1) is 19.0. The van der Waals surface area contributed by atoms with Crippen molar-refractivity contribution in [2.24, 2.45) is 0 Å². The molecule has 30 heavy (non-hydrogen) atoms. The van der Waals surface area contributed by atoms with Gasteiger partial charge in [0.25, 0.3) is 5.91 Å². The zero-order valence-corrected chi connectivity index (χ0v) is 17.7. The molecule has 5 nitrogen and oxygen atoms in total. The largest absolute Gasteiger partial charge is 0.327 e. The highest BCUT2D eigenvalue weighted by atomic mass is 16.2. The second-order valence-corrected chi connectivity index (χ2v) is 8.78. The van der Waals surface area contributed by atoms with Gasteiger partial charge in [0.15, 0.2) is 5.82 Å². The molecule has 0 N–H and O–H groups in total. The van der Waals surface area contributed by atoms with E-state index in [1.165, 1.54) is 37.7 Å². The number of carbonyl (C=O) groups excluding carboxylic acids is 1. The summed E-state index contributed by atoms with van der Waals surface area (Å²) in [6.45, 7) is 4.83. The minimum Gasteiger partial charge on any atom is -0.327 e. The van der Waals surface area contributed by atoms with Gasteiger partial charge in [0.1, 0.15) is 11.5 Å². The summed E-state index contributed by atoms with van der Waals surface area (Å²) >= 11 is 0. The van der Waals surface area contributed by atoms with Crippen molar-refractivity contribution in [1.29, 1.82) is 0 Å². The van der Waals surface area contributed by atoms with Crippen LogP contribution in [0.15, 0.2) is 48.8 Å². The minimum atomic E-state index is 0.0551. The Labute approximate surface area is 177 Å². The molecule has 5 heteroatoms. The molecule has 1 amide bonds. The Hall–Kier alpha value is -2.95. The highest BCUT2D eigenvalue weighted by Crippen LogP contribution is 2.36. The average Bonchev–Trinajstić information content (AvgIpc) is 3.40. The summed E-state index contributed by atoms with van der Waals surface area (Å²) in [7, 11) is 0. The Bertz CT molecular complexity index is 1080. The van der Waals surface area contributed by atoms with Crippen molar-refractivity contribution in [3.8, 4) is 11.5 Å². The average molecular weight is 401 g/mol. The first-order valence-electron chi connectivity index (χ1n) is 11.1. The lowest BCUT2D eigenvalue weighted by Gasteiger charge is -2.22. The summed E-state index contributed by atoms with van der Waals surface area (Å²) in [5, 5.41) is 0. The number of fused-ring (bicyclic) bond motifs is 1. The van der Waals surface area contributed by atoms with Crippen LogP contribution in [0.4, 0.5) is 5.82 Å². The Morgan fingerprint density at radius 1 is 1.07 bits per heavy atom. The molecule has 0 spiro atoms. The van der Waals surface area contributed by atoms with Gasteiger partial charge in [-0.15, -0.1) is 0 Å². The van der Waals surface area contributed by atoms with Crippen molar-refractivity contribution < 1.29 is 4.79 Å². The fourth-order valence-electron chi connectivity index (χ4n) is 4.82. The number of hydrogen-bond acceptors (Lipinski definition) is 3. The maximum absolute atomic E-state index is 13.3. The Balaban J connectivity index is 1.44. The van der Waals surface area contributed by atoms with Crippen LogP contribution in [0, 0.1) is 0 Å². The molecule has 0 unspecified atom stereocenters. The first-order chi connectivity index (χ1) is 14.6. The number of benzene rings is 1. The van der Waals surface area contributed by atoms with Gasteiger partial charge in [0.05, 0.1) is 6.54 Å². The van der Waals surface area contributed by atoms with Gasteiger partial charge in [-0.05, 0) is 61.9 Å². The summed E-state index contributed by atoms with van der Waals surface area (Å²) in [6.07, 6.45) is 10.2. The number of carbonyl (C=O) groups is 1. The van der Waals surface area contributed by atoms with E-state index in [-0.39, 0.29) is 5.91 Å². The zero-order valence-electron chi connectivity index (χ0n) is 17.7. The van der Waals surface area contributed by atoms with E-state index >= 15 is 0 Å². The Morgan fingerprint density at radius 3 is 2.70 bits per heavy atom. The molecule has 2 aromatic heterocycles. The fraction of sp³-hybridized carbons (Fsp3) is 0.400. The molecule has 154 valence electrons. The SMILES string of the molecule is CC(C)n1ccnc1-c1cccc(N2Cc3ccc(C4CCCCC4)cc3C2=O)n1. The van der Waals surface area contributed by atoms with Crippen LogP contribution in [0.2, 0.25) is 0 Å². The highest BCUT2D eigenvalue weighted by Gasteiger charge is 2.30. The van der Waals surface area contributed by atoms with Crippen molar-refractivity contribution in [2.75, 3.05) is 4.90 Å². The van der Waals surface area contributed by atoms with Gasteiger partial charge < -0.3 is 4.57 Å². The third kappa shape index (κ3) is 3.32. The second-order valence-electron chi connectivity index (χ2n) is 8.78. The number of rotatable bonds is 4. The minimum absolute atomic E-state index is 0.0551. The van der Waals surface area contributed by atoms with Gasteiger partial charge >= 0.3 is 0 Å². The van der Waals surface area contributed by atoms with Crippen molar-refractivity contribution >= 4 is 11.7 Å². The van der Waals surface area contributed by atoms with Crippen LogP contribution in [0.3, 0.4) is 0 Å². The van der Waals surface area contributed by atoms with Gasteiger partial charge in [0.2, 0.25) is 0 Å². The predicted octanol–water partition coefficient (Wildman–Crippen LogP) is 5.73. The molecule has 0 radical (unpaired) electrons. The lowest BCUT2D eigenvalue weighted by Crippen LogP contribution is -2.24. The molecule has 0 atom stereocenters. The van der Waals surface area contributed by atoms with E-state index in [0.717, 1.165) is 22.6 Å². The molecule has 5 rings (SSSR count). The second kappa shape index (κ2) is 7.71. The summed E-state index contributed by atoms with van der Waals surface area (Å²) in [6, 6.07) is 12.6. The first-order valence-corrected chi connectivity index (χ1v) is 11.1. The van der Waals surface area contributed by atoms with Crippen LogP contribution in [-0.2, 0) is 6.54 Å². The fourth-order valence-corrected chi connectivity index (χ4v) is 4.82. The van der Waals surface area contributed by atoms with E-state index < -0.39 is 0 Å². The molecule has 0 saturated heterocycles. The standard InChI is InChI=1S/C25H28N4O/c1-17(2)28-14-13-26-24(28)22-9-6-10-23(27-22)29-16-20-12-11-19(15-21(20)25(29)30)18-7-4-3-5-8-18/h6,9-15,17-18H,3-5,7-8,16H2,1-2H3. The van der Waals surface area contributed by atoms with Crippen LogP contribution in [0.25, 0.3) is 11.5 Å². The number of aromatic nitrogens is 3. The molecule has 1 aromatic carbocycles. The van der Waals surface area contributed by atoms with Crippen LogP contribution < -0.4 is 4.90 Å². The highest BCUT2D eigenvalue weighted by molar-refractivity contribution is 6.09. The molecule has 3 heterocycles. The number of pyridine rings is 1. The van der Waals surface area contributed by atoms with Crippen molar-refractivity contribution in [3.63, 3.8) is 0 Å². The molecule has 1 aliphatic carbocycles. The maximum Gasteiger partial charge on any atom is 0.260 e. The monoisotopic (exact) mass is 400 g/mol. The third-order valence-corrected chi connectivity index (χ3v) is 6.48. The van der Waals surface area contributed by atoms with E-state index in [9.17, 15) is 4.79 Å². The molecule has 0 bridgehead atoms. The number of anilines is 1. The quantitative estimate of drug-likeness (QED) is 0.562. The molecule has 2 aliphatic rings. The zero-order chi connectivity index (χ0) is 20.7. The Kier molecular flexibility index (Phi) is 4.89. The van der Waals surface area contributed by atoms with Crippen LogP contribution in [0.5, 0.6) is 0 Å². The van der Waals surface area contributed by atoms with E-state index in [2.05, 4.69) is 41.6 Å². The number of nitrogens with zero attached hydrogens (tertiary/aromatic N) is 4. The summed E-state index contributed by atoms with van der Waals surface area (Å²) in [4.78, 5) is 24.4. The molecule has 1 saturated carbocycles. The van der Waals surface area contributed by atoms with Crippen molar-refractivity contribution in [3.05, 3.63) is 65.5 Å². The lowest BCUT2D eigenvalue weighted by molar-refractivity contribution is 0.0996. The Morgan fingerprint density at radius 2 is 1.90 bits per heavy atom. The summed E-state index contributed by atoms with van der Waals surface area (Å²) < 4.78 is 2.10. The van der Waals surface area contributed by atoms with E-state index in [1.54, 1.807) is 11.1 Å². The third-order valence-electron chi connectivity index (χ3n) is 6.48. The van der Waals surface area contributed by atoms with Gasteiger partial charge in [0, 0.05) is 24.0 Å². The van der Waals surface area contributed by atoms with Gasteiger partial charge in [-0.1, -0.05) is 37.5 Å². The van der Waals surface area contributed by atoms with Crippen LogP contribution in [0.1, 0.15) is 79.4 Å². The van der Waals surface area contributed by atoms with Crippen LogP contribution >= 0.6 is 0 Å². The molecule has 1 aliphatic heterocycles. The van der Waals surface area contributed by atoms with Crippen molar-refractivity contribution in [2.45, 2.75) is 64.5 Å². The van der Waals surface area contributed by atoms with E-state index in [0.29, 0.717) is 24.3 Å². The lowest BCUT2D eigenvalue weighted by atomic mass is 9.83. The van der Waals surface area contributed by atoms with Crippen molar-refractivity contribution in [1.82, 2.24) is 14.5 Å². The number of hydrogen-bond donors (Lipinski definition) is 0. The van der Waals surface area contributed by atoms with Gasteiger partial charge in [-0.25, -0.2) is 9.97 Å². The molecule has 3 aromatic rings. The number of amides is 1. The molecular formula is C25H28N4O. The van der Waals surface area contributed by atoms with E-state index in [1.807, 2.05) is 24.4 Å². The van der Waals surface area contributed by atoms with E-state index in [4.69, 9.17) is 4.98 Å². The predicted molar refractivity (Wildman–Crippen MR) is 119 cm³/mol. The topological polar surface area (TPSA) is 51.0 Å².